The quantitative estimate of drug-likeness (QED) is 0.795. The predicted molar refractivity (Wildman–Crippen MR) is 74.6 cm³/mol. The van der Waals surface area contributed by atoms with Crippen LogP contribution in [0, 0.1) is 5.82 Å². The van der Waals surface area contributed by atoms with Gasteiger partial charge in [0, 0.05) is 19.1 Å². The van der Waals surface area contributed by atoms with E-state index in [-0.39, 0.29) is 18.0 Å². The number of rotatable bonds is 0. The Morgan fingerprint density at radius 3 is 2.80 bits per heavy atom. The maximum atomic E-state index is 13.4. The van der Waals surface area contributed by atoms with Gasteiger partial charge in [0.15, 0.2) is 0 Å². The normalized spacial score (nSPS) is 19.2. The fourth-order valence-electron chi connectivity index (χ4n) is 2.29. The number of nitrogens with zero attached hydrogens (tertiary/aromatic N) is 1. The minimum absolute atomic E-state index is 0.182. The van der Waals surface area contributed by atoms with Gasteiger partial charge in [0.2, 0.25) is 0 Å². The van der Waals surface area contributed by atoms with Gasteiger partial charge in [-0.15, -0.1) is 0 Å². The summed E-state index contributed by atoms with van der Waals surface area (Å²) in [4.78, 5) is 13.7. The first-order chi connectivity index (χ1) is 9.26. The summed E-state index contributed by atoms with van der Waals surface area (Å²) in [5, 5.41) is 0. The zero-order chi connectivity index (χ0) is 14.9. The van der Waals surface area contributed by atoms with E-state index in [2.05, 4.69) is 0 Å². The lowest BCUT2D eigenvalue weighted by atomic mass is 10.0. The molecule has 2 rings (SSSR count). The van der Waals surface area contributed by atoms with Gasteiger partial charge in [-0.1, -0.05) is 6.07 Å². The first-order valence-electron chi connectivity index (χ1n) is 6.78. The second-order valence-corrected chi connectivity index (χ2v) is 6.14. The second kappa shape index (κ2) is 5.40. The van der Waals surface area contributed by atoms with Crippen molar-refractivity contribution in [3.63, 3.8) is 0 Å². The smallest absolute Gasteiger partial charge is 0.410 e. The summed E-state index contributed by atoms with van der Waals surface area (Å²) in [5.41, 5.74) is 7.19. The van der Waals surface area contributed by atoms with Crippen molar-refractivity contribution < 1.29 is 13.9 Å². The second-order valence-electron chi connectivity index (χ2n) is 6.14. The van der Waals surface area contributed by atoms with Crippen LogP contribution in [0.25, 0.3) is 0 Å². The maximum Gasteiger partial charge on any atom is 0.410 e. The van der Waals surface area contributed by atoms with Crippen LogP contribution < -0.4 is 5.73 Å². The van der Waals surface area contributed by atoms with Crippen LogP contribution in [0.4, 0.5) is 9.18 Å². The Bertz CT molecular complexity index is 511. The van der Waals surface area contributed by atoms with Crippen molar-refractivity contribution in [2.24, 2.45) is 5.73 Å². The monoisotopic (exact) mass is 280 g/mol. The highest BCUT2D eigenvalue weighted by Crippen LogP contribution is 2.26. The summed E-state index contributed by atoms with van der Waals surface area (Å²) in [6.07, 6.45) is 0.250. The summed E-state index contributed by atoms with van der Waals surface area (Å²) in [7, 11) is 0. The molecule has 1 aromatic carbocycles. The summed E-state index contributed by atoms with van der Waals surface area (Å²) >= 11 is 0. The molecule has 0 radical (unpaired) electrons. The molecule has 0 fully saturated rings. The van der Waals surface area contributed by atoms with E-state index in [1.54, 1.807) is 11.0 Å². The summed E-state index contributed by atoms with van der Waals surface area (Å²) in [5.74, 6) is -0.318. The molecule has 0 aliphatic carbocycles. The zero-order valence-electron chi connectivity index (χ0n) is 12.1. The number of hydrogen-bond acceptors (Lipinski definition) is 3. The third kappa shape index (κ3) is 3.48. The van der Waals surface area contributed by atoms with Crippen LogP contribution in [-0.2, 0) is 11.3 Å². The highest BCUT2D eigenvalue weighted by molar-refractivity contribution is 5.68. The van der Waals surface area contributed by atoms with Crippen molar-refractivity contribution in [3.8, 4) is 0 Å². The van der Waals surface area contributed by atoms with Crippen molar-refractivity contribution >= 4 is 6.09 Å². The van der Waals surface area contributed by atoms with E-state index in [9.17, 15) is 9.18 Å². The molecule has 0 saturated carbocycles. The van der Waals surface area contributed by atoms with Gasteiger partial charge in [-0.05, 0) is 50.5 Å². The molecule has 0 spiro atoms. The van der Waals surface area contributed by atoms with Crippen molar-refractivity contribution in [3.05, 3.63) is 35.1 Å². The van der Waals surface area contributed by atoms with E-state index >= 15 is 0 Å². The lowest BCUT2D eigenvalue weighted by Crippen LogP contribution is -2.36. The molecule has 20 heavy (non-hydrogen) atoms. The first kappa shape index (κ1) is 14.8. The number of carbonyl (C=O) groups is 1. The third-order valence-electron chi connectivity index (χ3n) is 3.23. The van der Waals surface area contributed by atoms with E-state index < -0.39 is 5.60 Å². The Kier molecular flexibility index (Phi) is 3.99. The van der Waals surface area contributed by atoms with E-state index in [1.807, 2.05) is 20.8 Å². The number of amides is 1. The fourth-order valence-corrected chi connectivity index (χ4v) is 2.29. The number of benzene rings is 1. The average Bonchev–Trinajstić information content (AvgIpc) is 2.46. The van der Waals surface area contributed by atoms with Crippen LogP contribution >= 0.6 is 0 Å². The molecular formula is C15H21FN2O2. The van der Waals surface area contributed by atoms with Crippen LogP contribution in [0.1, 0.15) is 44.4 Å². The van der Waals surface area contributed by atoms with Crippen molar-refractivity contribution in [2.75, 3.05) is 6.54 Å². The average molecular weight is 280 g/mol. The minimum Gasteiger partial charge on any atom is -0.444 e. The molecule has 0 saturated heterocycles. The van der Waals surface area contributed by atoms with Crippen LogP contribution in [0.5, 0.6) is 0 Å². The molecule has 1 aliphatic heterocycles. The molecule has 1 heterocycles. The molecule has 1 amide bonds. The Hall–Kier alpha value is -1.62. The largest absolute Gasteiger partial charge is 0.444 e. The van der Waals surface area contributed by atoms with Gasteiger partial charge in [-0.3, -0.25) is 0 Å². The van der Waals surface area contributed by atoms with Crippen LogP contribution in [-0.4, -0.2) is 23.1 Å². The highest BCUT2D eigenvalue weighted by atomic mass is 19.1. The van der Waals surface area contributed by atoms with Gasteiger partial charge in [-0.25, -0.2) is 9.18 Å². The molecule has 1 aliphatic rings. The Balaban J connectivity index is 2.22. The number of halogens is 1. The van der Waals surface area contributed by atoms with Gasteiger partial charge < -0.3 is 15.4 Å². The molecular weight excluding hydrogens is 259 g/mol. The van der Waals surface area contributed by atoms with E-state index in [0.717, 1.165) is 11.1 Å². The van der Waals surface area contributed by atoms with E-state index in [1.165, 1.54) is 12.1 Å². The Morgan fingerprint density at radius 2 is 2.15 bits per heavy atom. The molecule has 5 heteroatoms. The summed E-state index contributed by atoms with van der Waals surface area (Å²) in [6, 6.07) is 4.37. The van der Waals surface area contributed by atoms with Crippen LogP contribution in [0.2, 0.25) is 0 Å². The van der Waals surface area contributed by atoms with Gasteiger partial charge >= 0.3 is 6.09 Å². The number of ether oxygens (including phenoxy) is 1. The summed E-state index contributed by atoms with van der Waals surface area (Å²) in [6.45, 7) is 6.30. The van der Waals surface area contributed by atoms with Gasteiger partial charge in [0.1, 0.15) is 11.4 Å². The van der Waals surface area contributed by atoms with Gasteiger partial charge in [-0.2, -0.15) is 0 Å². The van der Waals surface area contributed by atoms with Crippen LogP contribution in [0.15, 0.2) is 18.2 Å². The Morgan fingerprint density at radius 1 is 1.45 bits per heavy atom. The maximum absolute atomic E-state index is 13.4. The van der Waals surface area contributed by atoms with Crippen molar-refractivity contribution in [1.82, 2.24) is 4.90 Å². The van der Waals surface area contributed by atoms with Gasteiger partial charge in [0.05, 0.1) is 0 Å². The van der Waals surface area contributed by atoms with Crippen molar-refractivity contribution in [1.29, 1.82) is 0 Å². The van der Waals surface area contributed by atoms with E-state index in [0.29, 0.717) is 19.5 Å². The first-order valence-corrected chi connectivity index (χ1v) is 6.78. The standard InChI is InChI=1S/C15H21FN2O2/c1-15(2,3)20-14(19)18-7-6-13(17)12-5-4-11(16)8-10(12)9-18/h4-5,8,13H,6-7,9,17H2,1-3H3/t13-/m0/s1. The summed E-state index contributed by atoms with van der Waals surface area (Å²) < 4.78 is 18.7. The molecule has 1 atom stereocenters. The third-order valence-corrected chi connectivity index (χ3v) is 3.23. The van der Waals surface area contributed by atoms with E-state index in [4.69, 9.17) is 10.5 Å². The number of fused-ring (bicyclic) bond motifs is 1. The lowest BCUT2D eigenvalue weighted by Gasteiger charge is -2.26. The number of carbonyl (C=O) groups excluding carboxylic acids is 1. The minimum atomic E-state index is -0.545. The molecule has 4 nitrogen and oxygen atoms in total. The Labute approximate surface area is 118 Å². The fraction of sp³-hybridized carbons (Fsp3) is 0.533. The van der Waals surface area contributed by atoms with Gasteiger partial charge in [0.25, 0.3) is 0 Å². The number of nitrogens with two attached hydrogens (primary N) is 1. The molecule has 0 unspecified atom stereocenters. The topological polar surface area (TPSA) is 55.6 Å². The predicted octanol–water partition coefficient (Wildman–Crippen LogP) is 2.97. The molecule has 1 aromatic rings. The molecule has 2 N–H and O–H groups in total. The lowest BCUT2D eigenvalue weighted by molar-refractivity contribution is 0.0235. The van der Waals surface area contributed by atoms with Crippen molar-refractivity contribution in [2.45, 2.75) is 45.4 Å². The molecule has 0 aromatic heterocycles. The zero-order valence-corrected chi connectivity index (χ0v) is 12.1. The molecule has 110 valence electrons. The van der Waals surface area contributed by atoms with Crippen LogP contribution in [0.3, 0.4) is 0 Å². The SMILES string of the molecule is CC(C)(C)OC(=O)N1CC[C@H](N)c2ccc(F)cc2C1. The highest BCUT2D eigenvalue weighted by Gasteiger charge is 2.27. The molecule has 0 bridgehead atoms. The number of hydrogen-bond donors (Lipinski definition) is 1.